The van der Waals surface area contributed by atoms with Gasteiger partial charge < -0.3 is 9.64 Å². The molecule has 1 aliphatic rings. The van der Waals surface area contributed by atoms with Gasteiger partial charge in [0.15, 0.2) is 0 Å². The molecule has 2 rings (SSSR count). The molecule has 6 heteroatoms. The lowest BCUT2D eigenvalue weighted by Crippen LogP contribution is -2.49. The van der Waals surface area contributed by atoms with Gasteiger partial charge in [0.1, 0.15) is 0 Å². The number of morpholine rings is 1. The molecule has 1 aromatic rings. The Labute approximate surface area is 117 Å². The molecule has 88 valence electrons. The fourth-order valence-electron chi connectivity index (χ4n) is 1.64. The number of aromatic nitrogens is 2. The third-order valence-electron chi connectivity index (χ3n) is 2.54. The van der Waals surface area contributed by atoms with E-state index in [2.05, 4.69) is 60.3 Å². The molecule has 0 bridgehead atoms. The van der Waals surface area contributed by atoms with Gasteiger partial charge in [-0.05, 0) is 29.5 Å². The standard InChI is InChI=1S/C10H13BrIN3O/c1-7-6-16-9(2-11)5-15(7)10-13-3-8(12)4-14-10/h3-4,7,9H,2,5-6H2,1H3. The number of anilines is 1. The number of alkyl halides is 1. The molecule has 0 aliphatic carbocycles. The van der Waals surface area contributed by atoms with Gasteiger partial charge in [-0.1, -0.05) is 15.9 Å². The Morgan fingerprint density at radius 2 is 2.25 bits per heavy atom. The first kappa shape index (κ1) is 12.5. The fourth-order valence-corrected chi connectivity index (χ4v) is 2.31. The highest BCUT2D eigenvalue weighted by Crippen LogP contribution is 2.18. The number of rotatable bonds is 2. The molecule has 0 radical (unpaired) electrons. The molecule has 0 saturated carbocycles. The minimum atomic E-state index is 0.221. The lowest BCUT2D eigenvalue weighted by atomic mass is 10.2. The van der Waals surface area contributed by atoms with Crippen LogP contribution in [0.25, 0.3) is 0 Å². The topological polar surface area (TPSA) is 38.2 Å². The molecule has 16 heavy (non-hydrogen) atoms. The summed E-state index contributed by atoms with van der Waals surface area (Å²) in [6.45, 7) is 3.70. The summed E-state index contributed by atoms with van der Waals surface area (Å²) in [6, 6.07) is 0.329. The van der Waals surface area contributed by atoms with Crippen molar-refractivity contribution in [3.05, 3.63) is 16.0 Å². The minimum Gasteiger partial charge on any atom is -0.373 e. The summed E-state index contributed by atoms with van der Waals surface area (Å²) in [5.41, 5.74) is 0. The summed E-state index contributed by atoms with van der Waals surface area (Å²) in [6.07, 6.45) is 3.90. The third-order valence-corrected chi connectivity index (χ3v) is 3.82. The zero-order chi connectivity index (χ0) is 11.5. The molecule has 0 aromatic carbocycles. The summed E-state index contributed by atoms with van der Waals surface area (Å²) < 4.78 is 6.72. The number of halogens is 2. The summed E-state index contributed by atoms with van der Waals surface area (Å²) in [7, 11) is 0. The second-order valence-electron chi connectivity index (χ2n) is 3.81. The molecule has 0 N–H and O–H groups in total. The van der Waals surface area contributed by atoms with Gasteiger partial charge in [-0.3, -0.25) is 0 Å². The van der Waals surface area contributed by atoms with E-state index >= 15 is 0 Å². The maximum Gasteiger partial charge on any atom is 0.225 e. The van der Waals surface area contributed by atoms with Gasteiger partial charge in [-0.2, -0.15) is 0 Å². The van der Waals surface area contributed by atoms with Crippen molar-refractivity contribution in [3.8, 4) is 0 Å². The summed E-state index contributed by atoms with van der Waals surface area (Å²) >= 11 is 5.66. The molecule has 2 unspecified atom stereocenters. The van der Waals surface area contributed by atoms with E-state index in [1.54, 1.807) is 0 Å². The Bertz CT molecular complexity index is 348. The van der Waals surface area contributed by atoms with Gasteiger partial charge >= 0.3 is 0 Å². The Morgan fingerprint density at radius 1 is 1.56 bits per heavy atom. The second kappa shape index (κ2) is 5.59. The van der Waals surface area contributed by atoms with Crippen molar-refractivity contribution in [1.82, 2.24) is 9.97 Å². The number of hydrogen-bond acceptors (Lipinski definition) is 4. The predicted molar refractivity (Wildman–Crippen MR) is 75.1 cm³/mol. The van der Waals surface area contributed by atoms with Crippen LogP contribution in [0.3, 0.4) is 0 Å². The normalized spacial score (nSPS) is 25.8. The fraction of sp³-hybridized carbons (Fsp3) is 0.600. The molecule has 1 saturated heterocycles. The molecule has 1 fully saturated rings. The van der Waals surface area contributed by atoms with Crippen LogP contribution < -0.4 is 4.90 Å². The van der Waals surface area contributed by atoms with E-state index < -0.39 is 0 Å². The van der Waals surface area contributed by atoms with E-state index in [1.165, 1.54) is 0 Å². The Balaban J connectivity index is 2.14. The largest absolute Gasteiger partial charge is 0.373 e. The van der Waals surface area contributed by atoms with Gasteiger partial charge in [0.25, 0.3) is 0 Å². The molecule has 2 heterocycles. The van der Waals surface area contributed by atoms with Crippen LogP contribution in [0.1, 0.15) is 6.92 Å². The van der Waals surface area contributed by atoms with E-state index in [0.29, 0.717) is 6.04 Å². The highest BCUT2D eigenvalue weighted by molar-refractivity contribution is 14.1. The number of hydrogen-bond donors (Lipinski definition) is 0. The van der Waals surface area contributed by atoms with Crippen LogP contribution in [0.5, 0.6) is 0 Å². The van der Waals surface area contributed by atoms with E-state index in [9.17, 15) is 0 Å². The molecule has 4 nitrogen and oxygen atoms in total. The van der Waals surface area contributed by atoms with Crippen molar-refractivity contribution in [2.75, 3.05) is 23.4 Å². The minimum absolute atomic E-state index is 0.221. The van der Waals surface area contributed by atoms with Crippen LogP contribution in [0, 0.1) is 3.57 Å². The van der Waals surface area contributed by atoms with Gasteiger partial charge in [0, 0.05) is 27.8 Å². The first-order valence-corrected chi connectivity index (χ1v) is 7.32. The number of ether oxygens (including phenoxy) is 1. The van der Waals surface area contributed by atoms with Crippen molar-refractivity contribution in [2.45, 2.75) is 19.1 Å². The van der Waals surface area contributed by atoms with Crippen molar-refractivity contribution in [2.24, 2.45) is 0 Å². The lowest BCUT2D eigenvalue weighted by molar-refractivity contribution is 0.0373. The van der Waals surface area contributed by atoms with Gasteiger partial charge in [-0.15, -0.1) is 0 Å². The molecular formula is C10H13BrIN3O. The lowest BCUT2D eigenvalue weighted by Gasteiger charge is -2.37. The van der Waals surface area contributed by atoms with Crippen molar-refractivity contribution < 1.29 is 4.74 Å². The van der Waals surface area contributed by atoms with Crippen LogP contribution in [0.4, 0.5) is 5.95 Å². The quantitative estimate of drug-likeness (QED) is 0.565. The maximum absolute atomic E-state index is 5.67. The van der Waals surface area contributed by atoms with Gasteiger partial charge in [-0.25, -0.2) is 9.97 Å². The summed E-state index contributed by atoms with van der Waals surface area (Å²) in [4.78, 5) is 10.9. The Hall–Kier alpha value is 0.0500. The molecular weight excluding hydrogens is 385 g/mol. The Morgan fingerprint density at radius 3 is 2.88 bits per heavy atom. The first-order chi connectivity index (χ1) is 7.70. The van der Waals surface area contributed by atoms with E-state index in [-0.39, 0.29) is 6.10 Å². The van der Waals surface area contributed by atoms with Gasteiger partial charge in [0.05, 0.1) is 18.8 Å². The molecule has 1 aromatic heterocycles. The molecule has 1 aliphatic heterocycles. The average molecular weight is 398 g/mol. The number of nitrogens with zero attached hydrogens (tertiary/aromatic N) is 3. The van der Waals surface area contributed by atoms with Crippen LogP contribution in [-0.2, 0) is 4.74 Å². The van der Waals surface area contributed by atoms with Crippen molar-refractivity contribution in [1.29, 1.82) is 0 Å². The van der Waals surface area contributed by atoms with Crippen molar-refractivity contribution in [3.63, 3.8) is 0 Å². The van der Waals surface area contributed by atoms with E-state index in [0.717, 1.165) is 28.0 Å². The zero-order valence-electron chi connectivity index (χ0n) is 8.94. The van der Waals surface area contributed by atoms with Crippen LogP contribution >= 0.6 is 38.5 Å². The van der Waals surface area contributed by atoms with E-state index in [1.807, 2.05) is 12.4 Å². The predicted octanol–water partition coefficient (Wildman–Crippen LogP) is 2.07. The second-order valence-corrected chi connectivity index (χ2v) is 5.71. The molecule has 2 atom stereocenters. The monoisotopic (exact) mass is 397 g/mol. The molecule has 0 spiro atoms. The SMILES string of the molecule is CC1COC(CBr)CN1c1ncc(I)cn1. The van der Waals surface area contributed by atoms with E-state index in [4.69, 9.17) is 4.74 Å². The maximum atomic E-state index is 5.67. The van der Waals surface area contributed by atoms with Crippen LogP contribution in [0.15, 0.2) is 12.4 Å². The van der Waals surface area contributed by atoms with Crippen molar-refractivity contribution >= 4 is 44.5 Å². The third kappa shape index (κ3) is 2.84. The highest BCUT2D eigenvalue weighted by Gasteiger charge is 2.27. The van der Waals surface area contributed by atoms with Crippen LogP contribution in [-0.4, -0.2) is 40.6 Å². The highest BCUT2D eigenvalue weighted by atomic mass is 127. The summed E-state index contributed by atoms with van der Waals surface area (Å²) in [5, 5.41) is 0.848. The average Bonchev–Trinajstić information content (AvgIpc) is 2.31. The smallest absolute Gasteiger partial charge is 0.225 e. The van der Waals surface area contributed by atoms with Gasteiger partial charge in [0.2, 0.25) is 5.95 Å². The summed E-state index contributed by atoms with van der Waals surface area (Å²) in [5.74, 6) is 0.794. The molecule has 0 amide bonds. The van der Waals surface area contributed by atoms with Crippen LogP contribution in [0.2, 0.25) is 0 Å². The zero-order valence-corrected chi connectivity index (χ0v) is 12.7. The first-order valence-electron chi connectivity index (χ1n) is 5.12. The Kier molecular flexibility index (Phi) is 4.37.